The normalized spacial score (nSPS) is 23.3. The van der Waals surface area contributed by atoms with E-state index in [1.165, 1.54) is 12.8 Å². The molecular formula is C21H26N4O2. The highest BCUT2D eigenvalue weighted by molar-refractivity contribution is 5.79. The summed E-state index contributed by atoms with van der Waals surface area (Å²) in [5.74, 6) is 0.440. The number of nitrogens with one attached hydrogen (secondary N) is 1. The minimum atomic E-state index is -0.0637. The Labute approximate surface area is 159 Å². The number of rotatable bonds is 4. The van der Waals surface area contributed by atoms with Gasteiger partial charge in [-0.3, -0.25) is 14.6 Å². The standard InChI is InChI=1S/C21H26N4O2/c26-20-10-9-19(15-11-13-22-14-12-15)24-25(20)18-7-5-17(6-8-18)23-21(27)16-3-1-2-4-16/h9-14,16-18H,1-8H2,(H,23,27). The van der Waals surface area contributed by atoms with Gasteiger partial charge in [-0.2, -0.15) is 5.10 Å². The zero-order valence-electron chi connectivity index (χ0n) is 15.5. The van der Waals surface area contributed by atoms with Gasteiger partial charge in [0.05, 0.1) is 11.7 Å². The third-order valence-electron chi connectivity index (χ3n) is 5.92. The van der Waals surface area contributed by atoms with Gasteiger partial charge in [0.25, 0.3) is 5.56 Å². The molecule has 2 fully saturated rings. The van der Waals surface area contributed by atoms with E-state index in [1.807, 2.05) is 12.1 Å². The second-order valence-corrected chi connectivity index (χ2v) is 7.73. The van der Waals surface area contributed by atoms with Crippen molar-refractivity contribution in [3.8, 4) is 11.3 Å². The van der Waals surface area contributed by atoms with E-state index in [-0.39, 0.29) is 29.5 Å². The number of nitrogens with zero attached hydrogens (tertiary/aromatic N) is 3. The minimum absolute atomic E-state index is 0.0637. The quantitative estimate of drug-likeness (QED) is 0.902. The van der Waals surface area contributed by atoms with Crippen molar-refractivity contribution in [2.45, 2.75) is 63.5 Å². The largest absolute Gasteiger partial charge is 0.353 e. The van der Waals surface area contributed by atoms with Gasteiger partial charge in [0, 0.05) is 36.0 Å². The van der Waals surface area contributed by atoms with Crippen molar-refractivity contribution in [3.05, 3.63) is 47.0 Å². The Morgan fingerprint density at radius 1 is 0.963 bits per heavy atom. The molecule has 6 heteroatoms. The summed E-state index contributed by atoms with van der Waals surface area (Å²) in [6.45, 7) is 0. The molecule has 0 bridgehead atoms. The number of hydrogen-bond acceptors (Lipinski definition) is 4. The summed E-state index contributed by atoms with van der Waals surface area (Å²) in [6.07, 6.45) is 11.4. The maximum absolute atomic E-state index is 12.4. The Hall–Kier alpha value is -2.50. The number of carbonyl (C=O) groups excluding carboxylic acids is 1. The first kappa shape index (κ1) is 17.9. The summed E-state index contributed by atoms with van der Waals surface area (Å²) in [5, 5.41) is 7.84. The smallest absolute Gasteiger partial charge is 0.267 e. The fraction of sp³-hybridized carbons (Fsp3) is 0.524. The second kappa shape index (κ2) is 8.03. The van der Waals surface area contributed by atoms with Crippen molar-refractivity contribution in [2.75, 3.05) is 0 Å². The van der Waals surface area contributed by atoms with Gasteiger partial charge in [-0.1, -0.05) is 12.8 Å². The molecule has 2 aromatic rings. The van der Waals surface area contributed by atoms with Crippen LogP contribution in [0.4, 0.5) is 0 Å². The molecule has 0 saturated heterocycles. The molecule has 0 unspecified atom stereocenters. The number of amides is 1. The molecule has 2 saturated carbocycles. The monoisotopic (exact) mass is 366 g/mol. The third kappa shape index (κ3) is 4.10. The van der Waals surface area contributed by atoms with Gasteiger partial charge in [-0.15, -0.1) is 0 Å². The lowest BCUT2D eigenvalue weighted by Crippen LogP contribution is -2.41. The van der Waals surface area contributed by atoms with E-state index in [2.05, 4.69) is 15.4 Å². The van der Waals surface area contributed by atoms with E-state index in [0.717, 1.165) is 49.8 Å². The molecule has 2 aliphatic carbocycles. The highest BCUT2D eigenvalue weighted by atomic mass is 16.2. The molecule has 27 heavy (non-hydrogen) atoms. The number of hydrogen-bond donors (Lipinski definition) is 1. The molecule has 2 aromatic heterocycles. The van der Waals surface area contributed by atoms with Crippen molar-refractivity contribution in [3.63, 3.8) is 0 Å². The Balaban J connectivity index is 1.40. The number of pyridine rings is 1. The fourth-order valence-corrected chi connectivity index (χ4v) is 4.34. The topological polar surface area (TPSA) is 76.9 Å². The van der Waals surface area contributed by atoms with Crippen LogP contribution < -0.4 is 10.9 Å². The van der Waals surface area contributed by atoms with Gasteiger partial charge in [0.2, 0.25) is 5.91 Å². The van der Waals surface area contributed by atoms with Crippen molar-refractivity contribution < 1.29 is 4.79 Å². The van der Waals surface area contributed by atoms with E-state index >= 15 is 0 Å². The van der Waals surface area contributed by atoms with Crippen LogP contribution >= 0.6 is 0 Å². The summed E-state index contributed by atoms with van der Waals surface area (Å²) in [4.78, 5) is 28.7. The van der Waals surface area contributed by atoms with Crippen molar-refractivity contribution in [1.82, 2.24) is 20.1 Å². The maximum Gasteiger partial charge on any atom is 0.267 e. The highest BCUT2D eigenvalue weighted by Gasteiger charge is 2.28. The number of carbonyl (C=O) groups is 1. The Morgan fingerprint density at radius 3 is 2.37 bits per heavy atom. The molecule has 6 nitrogen and oxygen atoms in total. The molecule has 142 valence electrons. The van der Waals surface area contributed by atoms with E-state index < -0.39 is 0 Å². The van der Waals surface area contributed by atoms with Gasteiger partial charge < -0.3 is 5.32 Å². The SMILES string of the molecule is O=C(NC1CCC(n2nc(-c3ccncc3)ccc2=O)CC1)C1CCCC1. The van der Waals surface area contributed by atoms with Gasteiger partial charge in [0.15, 0.2) is 0 Å². The van der Waals surface area contributed by atoms with Crippen LogP contribution in [0, 0.1) is 5.92 Å². The van der Waals surface area contributed by atoms with Gasteiger partial charge in [0.1, 0.15) is 0 Å². The van der Waals surface area contributed by atoms with E-state index in [1.54, 1.807) is 29.2 Å². The first-order chi connectivity index (χ1) is 13.2. The molecule has 1 amide bonds. The minimum Gasteiger partial charge on any atom is -0.353 e. The van der Waals surface area contributed by atoms with Gasteiger partial charge in [-0.05, 0) is 56.7 Å². The van der Waals surface area contributed by atoms with Crippen LogP contribution in [-0.4, -0.2) is 26.7 Å². The Bertz CT molecular complexity index is 835. The first-order valence-corrected chi connectivity index (χ1v) is 10.0. The molecule has 0 aliphatic heterocycles. The average Bonchev–Trinajstić information content (AvgIpc) is 3.25. The van der Waals surface area contributed by atoms with Crippen LogP contribution in [0.5, 0.6) is 0 Å². The summed E-state index contributed by atoms with van der Waals surface area (Å²) in [5.41, 5.74) is 1.68. The number of aromatic nitrogens is 3. The van der Waals surface area contributed by atoms with Crippen molar-refractivity contribution in [2.24, 2.45) is 5.92 Å². The summed E-state index contributed by atoms with van der Waals surface area (Å²) in [7, 11) is 0. The zero-order valence-corrected chi connectivity index (χ0v) is 15.5. The van der Waals surface area contributed by atoms with Crippen molar-refractivity contribution in [1.29, 1.82) is 0 Å². The lowest BCUT2D eigenvalue weighted by molar-refractivity contribution is -0.125. The van der Waals surface area contributed by atoms with Crippen LogP contribution in [0.25, 0.3) is 11.3 Å². The predicted molar refractivity (Wildman–Crippen MR) is 103 cm³/mol. The first-order valence-electron chi connectivity index (χ1n) is 10.0. The molecule has 0 aromatic carbocycles. The molecule has 1 N–H and O–H groups in total. The van der Waals surface area contributed by atoms with E-state index in [9.17, 15) is 9.59 Å². The highest BCUT2D eigenvalue weighted by Crippen LogP contribution is 2.29. The molecule has 0 atom stereocenters. The van der Waals surface area contributed by atoms with Crippen molar-refractivity contribution >= 4 is 5.91 Å². The van der Waals surface area contributed by atoms with Crippen LogP contribution in [0.1, 0.15) is 57.4 Å². The molecule has 2 heterocycles. The zero-order chi connectivity index (χ0) is 18.6. The Morgan fingerprint density at radius 2 is 1.67 bits per heavy atom. The summed E-state index contributed by atoms with van der Waals surface area (Å²) >= 11 is 0. The van der Waals surface area contributed by atoms with Gasteiger partial charge >= 0.3 is 0 Å². The Kier molecular flexibility index (Phi) is 5.32. The molecule has 4 rings (SSSR count). The summed E-state index contributed by atoms with van der Waals surface area (Å²) < 4.78 is 1.63. The van der Waals surface area contributed by atoms with E-state index in [0.29, 0.717) is 0 Å². The maximum atomic E-state index is 12.4. The lowest BCUT2D eigenvalue weighted by Gasteiger charge is -2.30. The van der Waals surface area contributed by atoms with Crippen LogP contribution in [-0.2, 0) is 4.79 Å². The van der Waals surface area contributed by atoms with Crippen LogP contribution in [0.2, 0.25) is 0 Å². The van der Waals surface area contributed by atoms with Crippen LogP contribution in [0.15, 0.2) is 41.5 Å². The lowest BCUT2D eigenvalue weighted by atomic mass is 9.90. The van der Waals surface area contributed by atoms with Crippen LogP contribution in [0.3, 0.4) is 0 Å². The molecule has 0 spiro atoms. The predicted octanol–water partition coefficient (Wildman–Crippen LogP) is 3.10. The van der Waals surface area contributed by atoms with Gasteiger partial charge in [-0.25, -0.2) is 4.68 Å². The molecule has 0 radical (unpaired) electrons. The van der Waals surface area contributed by atoms with E-state index in [4.69, 9.17) is 0 Å². The average molecular weight is 366 g/mol. The third-order valence-corrected chi connectivity index (χ3v) is 5.92. The molecule has 2 aliphatic rings. The second-order valence-electron chi connectivity index (χ2n) is 7.73. The molecular weight excluding hydrogens is 340 g/mol. The summed E-state index contributed by atoms with van der Waals surface area (Å²) in [6, 6.07) is 7.48. The fourth-order valence-electron chi connectivity index (χ4n) is 4.34.